The molecule has 0 saturated heterocycles. The Labute approximate surface area is 162 Å². The molecule has 8 heteroatoms. The molecule has 0 saturated carbocycles. The number of carbonyl (C=O) groups excluding carboxylic acids is 1. The number of hydrogen-bond donors (Lipinski definition) is 1. The molecule has 0 unspecified atom stereocenters. The van der Waals surface area contributed by atoms with Crippen molar-refractivity contribution >= 4 is 11.7 Å². The molecule has 2 heterocycles. The standard InChI is InChI=1S/C20H24FN5O2/c1-12(2)11-26-14(4)15(13(3)23-26)9-10-18(27)22-20-19(24-28-25-20)16-7-5-6-8-17(16)21/h5-8,12H,9-11H2,1-4H3,(H,22,25,27). The van der Waals surface area contributed by atoms with Crippen molar-refractivity contribution in [1.82, 2.24) is 20.1 Å². The lowest BCUT2D eigenvalue weighted by Gasteiger charge is -2.08. The molecule has 28 heavy (non-hydrogen) atoms. The average molecular weight is 385 g/mol. The van der Waals surface area contributed by atoms with E-state index < -0.39 is 5.82 Å². The maximum absolute atomic E-state index is 14.0. The van der Waals surface area contributed by atoms with Gasteiger partial charge in [-0.1, -0.05) is 26.0 Å². The molecule has 2 aromatic heterocycles. The molecule has 0 radical (unpaired) electrons. The second kappa shape index (κ2) is 8.33. The largest absolute Gasteiger partial charge is 0.306 e. The van der Waals surface area contributed by atoms with Gasteiger partial charge < -0.3 is 5.32 Å². The molecule has 1 amide bonds. The van der Waals surface area contributed by atoms with Crippen LogP contribution in [0.3, 0.4) is 0 Å². The van der Waals surface area contributed by atoms with Gasteiger partial charge in [-0.15, -0.1) is 0 Å². The zero-order valence-corrected chi connectivity index (χ0v) is 16.5. The Morgan fingerprint density at radius 3 is 2.71 bits per heavy atom. The first-order chi connectivity index (χ1) is 13.4. The minimum atomic E-state index is -0.461. The Kier molecular flexibility index (Phi) is 5.87. The van der Waals surface area contributed by atoms with E-state index >= 15 is 0 Å². The highest BCUT2D eigenvalue weighted by Gasteiger charge is 2.19. The van der Waals surface area contributed by atoms with Gasteiger partial charge in [-0.25, -0.2) is 9.02 Å². The van der Waals surface area contributed by atoms with E-state index in [1.54, 1.807) is 18.2 Å². The SMILES string of the molecule is Cc1nn(CC(C)C)c(C)c1CCC(=O)Nc1nonc1-c1ccccc1F. The summed E-state index contributed by atoms with van der Waals surface area (Å²) in [5.41, 5.74) is 3.47. The summed E-state index contributed by atoms with van der Waals surface area (Å²) in [6, 6.07) is 6.13. The average Bonchev–Trinajstić information content (AvgIpc) is 3.18. The minimum Gasteiger partial charge on any atom is -0.306 e. The molecule has 3 rings (SSSR count). The van der Waals surface area contributed by atoms with Crippen LogP contribution in [0.5, 0.6) is 0 Å². The molecule has 0 fully saturated rings. The van der Waals surface area contributed by atoms with E-state index in [-0.39, 0.29) is 29.4 Å². The van der Waals surface area contributed by atoms with Crippen molar-refractivity contribution in [1.29, 1.82) is 0 Å². The number of aryl methyl sites for hydroxylation is 1. The summed E-state index contributed by atoms with van der Waals surface area (Å²) >= 11 is 0. The number of nitrogens with one attached hydrogen (secondary N) is 1. The summed E-state index contributed by atoms with van der Waals surface area (Å²) in [4.78, 5) is 12.4. The molecule has 148 valence electrons. The van der Waals surface area contributed by atoms with Crippen LogP contribution in [0.2, 0.25) is 0 Å². The highest BCUT2D eigenvalue weighted by Crippen LogP contribution is 2.27. The number of aromatic nitrogens is 4. The van der Waals surface area contributed by atoms with Crippen LogP contribution in [0.1, 0.15) is 37.2 Å². The Balaban J connectivity index is 1.68. The van der Waals surface area contributed by atoms with Crippen LogP contribution in [0.4, 0.5) is 10.2 Å². The topological polar surface area (TPSA) is 85.8 Å². The van der Waals surface area contributed by atoms with Gasteiger partial charge in [0, 0.05) is 24.2 Å². The molecule has 3 aromatic rings. The molecule has 0 aliphatic rings. The van der Waals surface area contributed by atoms with Crippen LogP contribution in [-0.4, -0.2) is 26.0 Å². The predicted octanol–water partition coefficient (Wildman–Crippen LogP) is 3.92. The highest BCUT2D eigenvalue weighted by molar-refractivity contribution is 5.93. The first-order valence-corrected chi connectivity index (χ1v) is 9.27. The normalized spacial score (nSPS) is 11.2. The Morgan fingerprint density at radius 1 is 1.25 bits per heavy atom. The Bertz CT molecular complexity index is 977. The molecule has 1 aromatic carbocycles. The number of hydrogen-bond acceptors (Lipinski definition) is 5. The summed E-state index contributed by atoms with van der Waals surface area (Å²) in [7, 11) is 0. The van der Waals surface area contributed by atoms with Crippen LogP contribution >= 0.6 is 0 Å². The number of anilines is 1. The molecular weight excluding hydrogens is 361 g/mol. The zero-order chi connectivity index (χ0) is 20.3. The van der Waals surface area contributed by atoms with Crippen LogP contribution in [0.25, 0.3) is 11.3 Å². The fourth-order valence-corrected chi connectivity index (χ4v) is 3.15. The highest BCUT2D eigenvalue weighted by atomic mass is 19.1. The van der Waals surface area contributed by atoms with Crippen LogP contribution < -0.4 is 5.32 Å². The van der Waals surface area contributed by atoms with Crippen molar-refractivity contribution in [2.75, 3.05) is 5.32 Å². The summed E-state index contributed by atoms with van der Waals surface area (Å²) in [5.74, 6) is -0.106. The molecule has 7 nitrogen and oxygen atoms in total. The lowest BCUT2D eigenvalue weighted by molar-refractivity contribution is -0.116. The van der Waals surface area contributed by atoms with E-state index in [4.69, 9.17) is 4.63 Å². The maximum Gasteiger partial charge on any atom is 0.226 e. The summed E-state index contributed by atoms with van der Waals surface area (Å²) < 4.78 is 20.7. The fourth-order valence-electron chi connectivity index (χ4n) is 3.15. The van der Waals surface area contributed by atoms with Gasteiger partial charge in [0.05, 0.1) is 5.69 Å². The Hall–Kier alpha value is -3.03. The second-order valence-corrected chi connectivity index (χ2v) is 7.21. The molecule has 1 N–H and O–H groups in total. The van der Waals surface area contributed by atoms with E-state index in [2.05, 4.69) is 34.6 Å². The van der Waals surface area contributed by atoms with E-state index in [1.165, 1.54) is 6.07 Å². The molecule has 0 aliphatic carbocycles. The van der Waals surface area contributed by atoms with E-state index in [0.717, 1.165) is 23.5 Å². The van der Waals surface area contributed by atoms with Gasteiger partial charge in [0.1, 0.15) is 5.82 Å². The molecule has 0 spiro atoms. The number of halogens is 1. The molecule has 0 aliphatic heterocycles. The number of carbonyl (C=O) groups is 1. The Morgan fingerprint density at radius 2 is 2.00 bits per heavy atom. The predicted molar refractivity (Wildman–Crippen MR) is 103 cm³/mol. The van der Waals surface area contributed by atoms with Gasteiger partial charge in [-0.3, -0.25) is 9.48 Å². The van der Waals surface area contributed by atoms with E-state index in [1.807, 2.05) is 18.5 Å². The lowest BCUT2D eigenvalue weighted by atomic mass is 10.1. The first kappa shape index (κ1) is 19.7. The molecule has 0 atom stereocenters. The summed E-state index contributed by atoms with van der Waals surface area (Å²) in [6.45, 7) is 9.10. The van der Waals surface area contributed by atoms with Gasteiger partial charge in [-0.2, -0.15) is 5.10 Å². The van der Waals surface area contributed by atoms with E-state index in [0.29, 0.717) is 12.3 Å². The molecular formula is C20H24FN5O2. The van der Waals surface area contributed by atoms with Crippen molar-refractivity contribution < 1.29 is 13.8 Å². The third-order valence-corrected chi connectivity index (χ3v) is 4.55. The number of nitrogens with zero attached hydrogens (tertiary/aromatic N) is 4. The lowest BCUT2D eigenvalue weighted by Crippen LogP contribution is -2.14. The third-order valence-electron chi connectivity index (χ3n) is 4.55. The van der Waals surface area contributed by atoms with Gasteiger partial charge in [0.2, 0.25) is 11.7 Å². The number of amides is 1. The minimum absolute atomic E-state index is 0.110. The fraction of sp³-hybridized carbons (Fsp3) is 0.400. The van der Waals surface area contributed by atoms with Crippen molar-refractivity contribution in [2.45, 2.75) is 47.1 Å². The van der Waals surface area contributed by atoms with Gasteiger partial charge in [0.25, 0.3) is 0 Å². The summed E-state index contributed by atoms with van der Waals surface area (Å²) in [6.07, 6.45) is 0.806. The van der Waals surface area contributed by atoms with Crippen molar-refractivity contribution in [3.05, 3.63) is 47.0 Å². The van der Waals surface area contributed by atoms with Crippen LogP contribution in [0.15, 0.2) is 28.9 Å². The zero-order valence-electron chi connectivity index (χ0n) is 16.5. The van der Waals surface area contributed by atoms with Gasteiger partial charge in [0.15, 0.2) is 5.69 Å². The second-order valence-electron chi connectivity index (χ2n) is 7.21. The monoisotopic (exact) mass is 385 g/mol. The van der Waals surface area contributed by atoms with Crippen molar-refractivity contribution in [3.8, 4) is 11.3 Å². The number of benzene rings is 1. The summed E-state index contributed by atoms with van der Waals surface area (Å²) in [5, 5.41) is 14.7. The molecule has 0 bridgehead atoms. The number of rotatable bonds is 7. The van der Waals surface area contributed by atoms with Crippen molar-refractivity contribution in [3.63, 3.8) is 0 Å². The van der Waals surface area contributed by atoms with Crippen LogP contribution in [-0.2, 0) is 17.8 Å². The van der Waals surface area contributed by atoms with Gasteiger partial charge >= 0.3 is 0 Å². The quantitative estimate of drug-likeness (QED) is 0.666. The first-order valence-electron chi connectivity index (χ1n) is 9.27. The maximum atomic E-state index is 14.0. The third kappa shape index (κ3) is 4.27. The smallest absolute Gasteiger partial charge is 0.226 e. The van der Waals surface area contributed by atoms with E-state index in [9.17, 15) is 9.18 Å². The van der Waals surface area contributed by atoms with Crippen molar-refractivity contribution in [2.24, 2.45) is 5.92 Å². The van der Waals surface area contributed by atoms with Gasteiger partial charge in [-0.05, 0) is 54.2 Å². The van der Waals surface area contributed by atoms with Crippen LogP contribution in [0, 0.1) is 25.6 Å².